The lowest BCUT2D eigenvalue weighted by Gasteiger charge is -2.00. The summed E-state index contributed by atoms with van der Waals surface area (Å²) in [4.78, 5) is 45.3. The monoisotopic (exact) mass is 540 g/mol. The number of hydrogen-bond donors (Lipinski definition) is 1. The third-order valence-corrected chi connectivity index (χ3v) is 4.98. The first-order valence-electron chi connectivity index (χ1n) is 12.9. The second kappa shape index (κ2) is 20.3. The predicted molar refractivity (Wildman–Crippen MR) is 158 cm³/mol. The molecule has 0 aliphatic heterocycles. The molecule has 40 heavy (non-hydrogen) atoms. The van der Waals surface area contributed by atoms with Gasteiger partial charge in [-0.3, -0.25) is 14.4 Å². The Morgan fingerprint density at radius 1 is 0.550 bits per heavy atom. The molecule has 208 valence electrons. The lowest BCUT2D eigenvalue weighted by atomic mass is 10.0. The lowest BCUT2D eigenvalue weighted by molar-refractivity contribution is 0.0526. The maximum atomic E-state index is 11.8. The Balaban J connectivity index is 0.000000301. The minimum Gasteiger partial charge on any atom is -0.462 e. The van der Waals surface area contributed by atoms with Crippen molar-refractivity contribution in [3.8, 4) is 0 Å². The Labute approximate surface area is 236 Å². The van der Waals surface area contributed by atoms with E-state index in [-0.39, 0.29) is 36.3 Å². The highest BCUT2D eigenvalue weighted by atomic mass is 16.5. The highest BCUT2D eigenvalue weighted by molar-refractivity contribution is 6.13. The molecular formula is C34H36O6. The summed E-state index contributed by atoms with van der Waals surface area (Å²) in [5.41, 5.74) is 2.54. The molecule has 0 aliphatic carbocycles. The number of aliphatic hydroxyl groups excluding tert-OH is 1. The van der Waals surface area contributed by atoms with Crippen LogP contribution in [0.25, 0.3) is 0 Å². The van der Waals surface area contributed by atoms with Crippen molar-refractivity contribution in [1.82, 2.24) is 0 Å². The molecular weight excluding hydrogens is 504 g/mol. The first-order valence-corrected chi connectivity index (χ1v) is 12.9. The summed E-state index contributed by atoms with van der Waals surface area (Å²) in [7, 11) is 0. The van der Waals surface area contributed by atoms with Crippen LogP contribution in [0.5, 0.6) is 0 Å². The molecule has 0 atom stereocenters. The maximum absolute atomic E-state index is 11.8. The van der Waals surface area contributed by atoms with E-state index in [4.69, 9.17) is 9.84 Å². The Hall–Kier alpha value is -4.68. The lowest BCUT2D eigenvalue weighted by Crippen LogP contribution is -2.08. The molecule has 0 heterocycles. The summed E-state index contributed by atoms with van der Waals surface area (Å²) >= 11 is 0. The van der Waals surface area contributed by atoms with Crippen molar-refractivity contribution in [3.63, 3.8) is 0 Å². The van der Waals surface area contributed by atoms with Gasteiger partial charge in [0, 0.05) is 23.3 Å². The van der Waals surface area contributed by atoms with Gasteiger partial charge in [-0.05, 0) is 32.9 Å². The molecule has 4 aromatic carbocycles. The van der Waals surface area contributed by atoms with Crippen LogP contribution in [0.1, 0.15) is 68.6 Å². The van der Waals surface area contributed by atoms with Crippen molar-refractivity contribution in [3.05, 3.63) is 144 Å². The summed E-state index contributed by atoms with van der Waals surface area (Å²) in [5.74, 6) is -0.414. The molecule has 1 N–H and O–H groups in total. The fraction of sp³-hybridized carbons (Fsp3) is 0.176. The maximum Gasteiger partial charge on any atom is 0.338 e. The SMILES string of the molecule is CC(=O)c1ccccc1.CCO.CCOC(=O)c1ccccc1.O=C(CC(=O)c1ccccc1)c1ccccc1. The number of hydrogen-bond acceptors (Lipinski definition) is 6. The molecule has 0 saturated carbocycles. The zero-order valence-corrected chi connectivity index (χ0v) is 23.2. The van der Waals surface area contributed by atoms with Crippen LogP contribution in [0.15, 0.2) is 121 Å². The van der Waals surface area contributed by atoms with Crippen molar-refractivity contribution >= 4 is 23.3 Å². The number of aliphatic hydroxyl groups is 1. The summed E-state index contributed by atoms with van der Waals surface area (Å²) in [6, 6.07) is 35.9. The number of benzene rings is 4. The Kier molecular flexibility index (Phi) is 16.9. The molecule has 0 bridgehead atoms. The van der Waals surface area contributed by atoms with Crippen LogP contribution in [0.4, 0.5) is 0 Å². The van der Waals surface area contributed by atoms with Gasteiger partial charge in [-0.1, -0.05) is 109 Å². The number of rotatable bonds is 7. The van der Waals surface area contributed by atoms with Gasteiger partial charge >= 0.3 is 5.97 Å². The largest absolute Gasteiger partial charge is 0.462 e. The fourth-order valence-electron chi connectivity index (χ4n) is 3.06. The van der Waals surface area contributed by atoms with Crippen molar-refractivity contribution in [2.75, 3.05) is 13.2 Å². The zero-order chi connectivity index (χ0) is 29.6. The average Bonchev–Trinajstić information content (AvgIpc) is 3.00. The molecule has 0 unspecified atom stereocenters. The van der Waals surface area contributed by atoms with Crippen molar-refractivity contribution in [2.45, 2.75) is 27.2 Å². The zero-order valence-electron chi connectivity index (χ0n) is 23.2. The molecule has 4 aromatic rings. The van der Waals surface area contributed by atoms with E-state index in [0.29, 0.717) is 23.3 Å². The number of ether oxygens (including phenoxy) is 1. The van der Waals surface area contributed by atoms with Gasteiger partial charge < -0.3 is 9.84 Å². The normalized spacial score (nSPS) is 9.20. The fourth-order valence-corrected chi connectivity index (χ4v) is 3.06. The quantitative estimate of drug-likeness (QED) is 0.156. The summed E-state index contributed by atoms with van der Waals surface area (Å²) in [6.45, 7) is 5.71. The second-order valence-electron chi connectivity index (χ2n) is 8.08. The minimum absolute atomic E-state index is 0.0754. The third kappa shape index (κ3) is 13.7. The van der Waals surface area contributed by atoms with Crippen molar-refractivity contribution < 1.29 is 29.0 Å². The van der Waals surface area contributed by atoms with Crippen molar-refractivity contribution in [2.24, 2.45) is 0 Å². The molecule has 0 aromatic heterocycles. The highest BCUT2D eigenvalue weighted by Gasteiger charge is 2.12. The van der Waals surface area contributed by atoms with E-state index < -0.39 is 0 Å². The summed E-state index contributed by atoms with van der Waals surface area (Å²) in [6.07, 6.45) is -0.0754. The van der Waals surface area contributed by atoms with E-state index in [9.17, 15) is 19.2 Å². The van der Waals surface area contributed by atoms with E-state index >= 15 is 0 Å². The number of Topliss-reactive ketones (excluding diaryl/α,β-unsaturated/α-hetero) is 3. The van der Waals surface area contributed by atoms with E-state index in [2.05, 4.69) is 0 Å². The van der Waals surface area contributed by atoms with Gasteiger partial charge in [0.2, 0.25) is 0 Å². The average molecular weight is 541 g/mol. The second-order valence-corrected chi connectivity index (χ2v) is 8.08. The highest BCUT2D eigenvalue weighted by Crippen LogP contribution is 2.08. The van der Waals surface area contributed by atoms with Gasteiger partial charge in [-0.15, -0.1) is 0 Å². The topological polar surface area (TPSA) is 97.7 Å². The van der Waals surface area contributed by atoms with Crippen molar-refractivity contribution in [1.29, 1.82) is 0 Å². The summed E-state index contributed by atoms with van der Waals surface area (Å²) < 4.78 is 4.79. The number of ketones is 3. The third-order valence-electron chi connectivity index (χ3n) is 4.98. The molecule has 0 aliphatic rings. The molecule has 0 spiro atoms. The van der Waals surface area contributed by atoms with Gasteiger partial charge in [-0.2, -0.15) is 0 Å². The Morgan fingerprint density at radius 3 is 1.12 bits per heavy atom. The Morgan fingerprint density at radius 2 is 0.850 bits per heavy atom. The van der Waals surface area contributed by atoms with Gasteiger partial charge in [0.15, 0.2) is 17.3 Å². The molecule has 0 fully saturated rings. The van der Waals surface area contributed by atoms with E-state index in [1.54, 1.807) is 81.4 Å². The van der Waals surface area contributed by atoms with E-state index in [1.807, 2.05) is 60.7 Å². The van der Waals surface area contributed by atoms with Crippen LogP contribution < -0.4 is 0 Å². The van der Waals surface area contributed by atoms with Crippen LogP contribution in [0.3, 0.4) is 0 Å². The van der Waals surface area contributed by atoms with E-state index in [0.717, 1.165) is 5.56 Å². The van der Waals surface area contributed by atoms with Gasteiger partial charge in [-0.25, -0.2) is 4.79 Å². The smallest absolute Gasteiger partial charge is 0.338 e. The van der Waals surface area contributed by atoms with Gasteiger partial charge in [0.05, 0.1) is 18.6 Å². The number of carbonyl (C=O) groups excluding carboxylic acids is 4. The number of carbonyl (C=O) groups is 4. The van der Waals surface area contributed by atoms with Crippen LogP contribution in [-0.4, -0.2) is 41.6 Å². The van der Waals surface area contributed by atoms with Crippen LogP contribution in [0.2, 0.25) is 0 Å². The molecule has 4 rings (SSSR count). The van der Waals surface area contributed by atoms with Crippen LogP contribution in [0, 0.1) is 0 Å². The molecule has 0 amide bonds. The molecule has 0 radical (unpaired) electrons. The molecule has 6 nitrogen and oxygen atoms in total. The predicted octanol–water partition coefficient (Wildman–Crippen LogP) is 6.89. The summed E-state index contributed by atoms with van der Waals surface area (Å²) in [5, 5.41) is 7.57. The first kappa shape index (κ1) is 33.3. The van der Waals surface area contributed by atoms with Gasteiger partial charge in [0.1, 0.15) is 0 Å². The molecule has 0 saturated heterocycles. The first-order chi connectivity index (χ1) is 19.3. The van der Waals surface area contributed by atoms with E-state index in [1.165, 1.54) is 0 Å². The van der Waals surface area contributed by atoms with Crippen LogP contribution in [-0.2, 0) is 4.74 Å². The van der Waals surface area contributed by atoms with Gasteiger partial charge in [0.25, 0.3) is 0 Å². The minimum atomic E-state index is -0.256. The van der Waals surface area contributed by atoms with Crippen LogP contribution >= 0.6 is 0 Å². The number of esters is 1. The molecule has 6 heteroatoms. The standard InChI is InChI=1S/C15H12O2.C9H10O2.C8H8O.C2H6O/c16-14(12-7-3-1-4-8-12)11-15(17)13-9-5-2-6-10-13;1-2-11-9(10)8-6-4-3-5-7-8;1-7(9)8-5-3-2-4-6-8;1-2-3/h1-10H,11H2;3-7H,2H2,1H3;2-6H,1H3;3H,2H2,1H3. The Bertz CT molecular complexity index is 1220.